The van der Waals surface area contributed by atoms with E-state index in [0.717, 1.165) is 6.42 Å². The van der Waals surface area contributed by atoms with E-state index in [-0.39, 0.29) is 0 Å². The molecule has 5 rings (SSSR count). The molecule has 3 aromatic carbocycles. The molecule has 0 amide bonds. The van der Waals surface area contributed by atoms with Gasteiger partial charge in [0.2, 0.25) is 0 Å². The molecule has 1 fully saturated rings. The highest BCUT2D eigenvalue weighted by Crippen LogP contribution is 2.40. The van der Waals surface area contributed by atoms with Crippen LogP contribution in [0.2, 0.25) is 0 Å². The number of nitrogens with zero attached hydrogens (tertiary/aromatic N) is 3. The van der Waals surface area contributed by atoms with Crippen LogP contribution in [0, 0.1) is 0 Å². The number of aromatic nitrogens is 2. The summed E-state index contributed by atoms with van der Waals surface area (Å²) in [6.45, 7) is 3.79. The minimum absolute atomic E-state index is 0.469. The molecule has 3 heteroatoms. The van der Waals surface area contributed by atoms with Crippen molar-refractivity contribution in [2.45, 2.75) is 44.1 Å². The van der Waals surface area contributed by atoms with Gasteiger partial charge < -0.3 is 9.47 Å². The molecule has 0 spiro atoms. The molecule has 4 aromatic rings. The quantitative estimate of drug-likeness (QED) is 0.214. The summed E-state index contributed by atoms with van der Waals surface area (Å²) in [5.74, 6) is 0. The molecule has 3 nitrogen and oxygen atoms in total. The van der Waals surface area contributed by atoms with Crippen LogP contribution in [0.15, 0.2) is 104 Å². The predicted molar refractivity (Wildman–Crippen MR) is 140 cm³/mol. The second-order valence-corrected chi connectivity index (χ2v) is 9.44. The maximum atomic E-state index is 4.89. The minimum atomic E-state index is -0.469. The highest BCUT2D eigenvalue weighted by Gasteiger charge is 2.38. The Labute approximate surface area is 204 Å². The second-order valence-electron chi connectivity index (χ2n) is 9.44. The molecule has 2 heterocycles. The molecule has 0 radical (unpaired) electrons. The van der Waals surface area contributed by atoms with Gasteiger partial charge in [-0.05, 0) is 68.4 Å². The lowest BCUT2D eigenvalue weighted by molar-refractivity contribution is 0.225. The number of hydrogen-bond acceptors (Lipinski definition) is 2. The average molecular weight is 450 g/mol. The topological polar surface area (TPSA) is 21.1 Å². The van der Waals surface area contributed by atoms with Gasteiger partial charge in [-0.2, -0.15) is 0 Å². The molecule has 1 aromatic heterocycles. The van der Waals surface area contributed by atoms with Gasteiger partial charge in [0.1, 0.15) is 5.54 Å². The number of hydrogen-bond donors (Lipinski definition) is 0. The number of rotatable bonds is 9. The second kappa shape index (κ2) is 10.8. The van der Waals surface area contributed by atoms with Gasteiger partial charge in [-0.15, -0.1) is 0 Å². The maximum absolute atomic E-state index is 4.89. The van der Waals surface area contributed by atoms with E-state index in [4.69, 9.17) is 4.98 Å². The molecule has 34 heavy (non-hydrogen) atoms. The van der Waals surface area contributed by atoms with Crippen LogP contribution < -0.4 is 0 Å². The third kappa shape index (κ3) is 4.71. The fourth-order valence-electron chi connectivity index (χ4n) is 5.49. The number of aryl methyl sites for hydroxylation is 1. The van der Waals surface area contributed by atoms with Crippen LogP contribution in [-0.2, 0) is 12.0 Å². The van der Waals surface area contributed by atoms with E-state index in [2.05, 4.69) is 107 Å². The van der Waals surface area contributed by atoms with E-state index in [1.807, 2.05) is 6.33 Å². The fourth-order valence-corrected chi connectivity index (χ4v) is 5.49. The van der Waals surface area contributed by atoms with Crippen molar-refractivity contribution in [3.63, 3.8) is 0 Å². The van der Waals surface area contributed by atoms with E-state index in [0.29, 0.717) is 0 Å². The Balaban J connectivity index is 1.46. The molecule has 0 saturated carbocycles. The molecule has 0 aliphatic carbocycles. The van der Waals surface area contributed by atoms with Crippen LogP contribution in [0.25, 0.3) is 0 Å². The summed E-state index contributed by atoms with van der Waals surface area (Å²) < 4.78 is 2.33. The largest absolute Gasteiger partial charge is 0.319 e. The highest BCUT2D eigenvalue weighted by atomic mass is 15.1. The van der Waals surface area contributed by atoms with E-state index in [1.54, 1.807) is 0 Å². The van der Waals surface area contributed by atoms with Crippen LogP contribution in [-0.4, -0.2) is 34.1 Å². The van der Waals surface area contributed by atoms with E-state index >= 15 is 0 Å². The van der Waals surface area contributed by atoms with Gasteiger partial charge in [0.15, 0.2) is 0 Å². The fraction of sp³-hybridized carbons (Fsp3) is 0.323. The van der Waals surface area contributed by atoms with Crippen molar-refractivity contribution in [3.8, 4) is 0 Å². The Morgan fingerprint density at radius 1 is 0.647 bits per heavy atom. The van der Waals surface area contributed by atoms with Gasteiger partial charge in [0.05, 0.1) is 12.0 Å². The molecule has 0 unspecified atom stereocenters. The van der Waals surface area contributed by atoms with Gasteiger partial charge in [0.25, 0.3) is 0 Å². The first-order valence-electron chi connectivity index (χ1n) is 12.8. The summed E-state index contributed by atoms with van der Waals surface area (Å²) in [5.41, 5.74) is 4.41. The predicted octanol–water partition coefficient (Wildman–Crippen LogP) is 6.53. The maximum Gasteiger partial charge on any atom is 0.121 e. The van der Waals surface area contributed by atoms with Crippen molar-refractivity contribution in [1.82, 2.24) is 14.5 Å². The summed E-state index contributed by atoms with van der Waals surface area (Å²) in [4.78, 5) is 7.52. The molecule has 1 aliphatic rings. The highest BCUT2D eigenvalue weighted by molar-refractivity contribution is 5.50. The summed E-state index contributed by atoms with van der Waals surface area (Å²) in [6.07, 6.45) is 11.9. The standard InChI is InChI=1S/C31H35N3/c1-5-15-27(16-6-1)31(28-17-7-2-8-18-28,29-19-9-3-10-20-29)34-25-30(32-26-34)21-11-14-24-33-22-12-4-13-23-33/h1-3,5-10,15-20,25-26H,4,11-14,21-24H2. The zero-order valence-corrected chi connectivity index (χ0v) is 20.0. The summed E-state index contributed by atoms with van der Waals surface area (Å²) in [6, 6.07) is 32.5. The molecule has 0 bridgehead atoms. The molecular formula is C31H35N3. The Hall–Kier alpha value is -3.17. The van der Waals surface area contributed by atoms with Gasteiger partial charge >= 0.3 is 0 Å². The number of benzene rings is 3. The van der Waals surface area contributed by atoms with Gasteiger partial charge in [0, 0.05) is 6.20 Å². The van der Waals surface area contributed by atoms with Crippen LogP contribution in [0.3, 0.4) is 0 Å². The van der Waals surface area contributed by atoms with E-state index in [1.165, 1.54) is 74.1 Å². The van der Waals surface area contributed by atoms with Crippen molar-refractivity contribution >= 4 is 0 Å². The van der Waals surface area contributed by atoms with Crippen molar-refractivity contribution in [3.05, 3.63) is 126 Å². The zero-order valence-electron chi connectivity index (χ0n) is 20.0. The van der Waals surface area contributed by atoms with Crippen LogP contribution >= 0.6 is 0 Å². The zero-order chi connectivity index (χ0) is 23.1. The first-order valence-corrected chi connectivity index (χ1v) is 12.8. The Bertz CT molecular complexity index is 1030. The first kappa shape index (κ1) is 22.6. The van der Waals surface area contributed by atoms with Crippen LogP contribution in [0.4, 0.5) is 0 Å². The third-order valence-electron chi connectivity index (χ3n) is 7.20. The molecule has 1 saturated heterocycles. The minimum Gasteiger partial charge on any atom is -0.319 e. The lowest BCUT2D eigenvalue weighted by atomic mass is 9.77. The normalized spacial score (nSPS) is 14.8. The van der Waals surface area contributed by atoms with Crippen LogP contribution in [0.1, 0.15) is 54.5 Å². The smallest absolute Gasteiger partial charge is 0.121 e. The van der Waals surface area contributed by atoms with Crippen molar-refractivity contribution in [2.75, 3.05) is 19.6 Å². The summed E-state index contributed by atoms with van der Waals surface area (Å²) in [5, 5.41) is 0. The number of unbranched alkanes of at least 4 members (excludes halogenated alkanes) is 1. The molecule has 0 atom stereocenters. The summed E-state index contributed by atoms with van der Waals surface area (Å²) >= 11 is 0. The molecule has 0 N–H and O–H groups in total. The number of imidazole rings is 1. The first-order chi connectivity index (χ1) is 16.9. The number of piperidine rings is 1. The van der Waals surface area contributed by atoms with Crippen molar-refractivity contribution in [1.29, 1.82) is 0 Å². The Kier molecular flexibility index (Phi) is 7.21. The van der Waals surface area contributed by atoms with Gasteiger partial charge in [-0.3, -0.25) is 0 Å². The van der Waals surface area contributed by atoms with Crippen molar-refractivity contribution < 1.29 is 0 Å². The Morgan fingerprint density at radius 3 is 1.71 bits per heavy atom. The van der Waals surface area contributed by atoms with E-state index in [9.17, 15) is 0 Å². The summed E-state index contributed by atoms with van der Waals surface area (Å²) in [7, 11) is 0. The third-order valence-corrected chi connectivity index (χ3v) is 7.20. The molecule has 174 valence electrons. The monoisotopic (exact) mass is 449 g/mol. The average Bonchev–Trinajstić information content (AvgIpc) is 3.39. The SMILES string of the molecule is c1ccc(C(c2ccccc2)(c2ccccc2)n2cnc(CCCCN3CCCCC3)c2)cc1. The van der Waals surface area contributed by atoms with Crippen LogP contribution in [0.5, 0.6) is 0 Å². The van der Waals surface area contributed by atoms with Gasteiger partial charge in [-0.25, -0.2) is 4.98 Å². The van der Waals surface area contributed by atoms with Crippen molar-refractivity contribution in [2.24, 2.45) is 0 Å². The lowest BCUT2D eigenvalue weighted by Crippen LogP contribution is -2.36. The molecule has 1 aliphatic heterocycles. The lowest BCUT2D eigenvalue weighted by Gasteiger charge is -2.37. The number of likely N-dealkylation sites (tertiary alicyclic amines) is 1. The molecular weight excluding hydrogens is 414 g/mol. The Morgan fingerprint density at radius 2 is 1.18 bits per heavy atom. The van der Waals surface area contributed by atoms with Gasteiger partial charge in [-0.1, -0.05) is 97.4 Å². The van der Waals surface area contributed by atoms with E-state index < -0.39 is 5.54 Å².